The number of ether oxygens (including phenoxy) is 2. The van der Waals surface area contributed by atoms with E-state index in [0.717, 1.165) is 18.6 Å². The molecule has 0 radical (unpaired) electrons. The number of unbranched alkanes of at least 4 members (excludes halogenated alkanes) is 11. The Morgan fingerprint density at radius 1 is 0.893 bits per heavy atom. The third-order valence-corrected chi connectivity index (χ3v) is 5.01. The average molecular weight is 393 g/mol. The van der Waals surface area contributed by atoms with Gasteiger partial charge in [0.25, 0.3) is 0 Å². The molecule has 0 aliphatic heterocycles. The van der Waals surface area contributed by atoms with Crippen LogP contribution >= 0.6 is 0 Å². The monoisotopic (exact) mass is 392 g/mol. The summed E-state index contributed by atoms with van der Waals surface area (Å²) in [5.41, 5.74) is 1.17. The van der Waals surface area contributed by atoms with Crippen LogP contribution in [0.1, 0.15) is 96.5 Å². The molecule has 0 amide bonds. The smallest absolute Gasteiger partial charge is 0.329 e. The number of carboxylic acid groups (broad SMARTS) is 1. The molecule has 0 aromatic heterocycles. The van der Waals surface area contributed by atoms with E-state index in [1.165, 1.54) is 76.2 Å². The Balaban J connectivity index is 2.11. The fraction of sp³-hybridized carbons (Fsp3) is 0.708. The lowest BCUT2D eigenvalue weighted by Gasteiger charge is -2.17. The number of carbonyl (C=O) groups is 1. The second kappa shape index (κ2) is 16.4. The van der Waals surface area contributed by atoms with E-state index in [1.807, 2.05) is 18.2 Å². The molecule has 1 atom stereocenters. The molecule has 1 unspecified atom stereocenters. The Bertz CT molecular complexity index is 515. The van der Waals surface area contributed by atoms with Crippen molar-refractivity contribution < 1.29 is 19.4 Å². The molecule has 1 aromatic carbocycles. The van der Waals surface area contributed by atoms with Crippen LogP contribution in [0.5, 0.6) is 5.75 Å². The highest BCUT2D eigenvalue weighted by molar-refractivity contribution is 5.68. The maximum atomic E-state index is 10.6. The van der Waals surface area contributed by atoms with Gasteiger partial charge in [-0.2, -0.15) is 0 Å². The summed E-state index contributed by atoms with van der Waals surface area (Å²) in [5, 5.41) is 8.68. The van der Waals surface area contributed by atoms with E-state index >= 15 is 0 Å². The van der Waals surface area contributed by atoms with Crippen LogP contribution in [0.25, 0.3) is 0 Å². The van der Waals surface area contributed by atoms with E-state index in [4.69, 9.17) is 14.6 Å². The Hall–Kier alpha value is -1.55. The summed E-state index contributed by atoms with van der Waals surface area (Å²) in [6.45, 7) is 3.65. The van der Waals surface area contributed by atoms with Crippen LogP contribution in [0.3, 0.4) is 0 Å². The Morgan fingerprint density at radius 3 is 2.00 bits per heavy atom. The van der Waals surface area contributed by atoms with Crippen molar-refractivity contribution in [2.24, 2.45) is 0 Å². The molecule has 160 valence electrons. The quantitative estimate of drug-likeness (QED) is 0.221. The van der Waals surface area contributed by atoms with Gasteiger partial charge in [0.05, 0.1) is 0 Å². The van der Waals surface area contributed by atoms with Gasteiger partial charge in [0.15, 0.2) is 6.29 Å². The van der Waals surface area contributed by atoms with Crippen molar-refractivity contribution in [3.8, 4) is 5.75 Å². The van der Waals surface area contributed by atoms with Crippen LogP contribution in [-0.4, -0.2) is 24.0 Å². The summed E-state index contributed by atoms with van der Waals surface area (Å²) in [4.78, 5) is 10.6. The number of hydrogen-bond acceptors (Lipinski definition) is 3. The number of benzene rings is 1. The van der Waals surface area contributed by atoms with E-state index in [-0.39, 0.29) is 6.61 Å². The normalized spacial score (nSPS) is 12.1. The molecule has 1 N–H and O–H groups in total. The standard InChI is InChI=1S/C24H40O4/c1-3-4-5-6-7-8-9-10-11-12-13-14-17-22-18-15-16-19-23(22)28-21(2)27-20-24(25)26/h15-16,18-19,21H,3-14,17,20H2,1-2H3,(H,25,26). The van der Waals surface area contributed by atoms with Crippen LogP contribution in [-0.2, 0) is 16.0 Å². The third kappa shape index (κ3) is 12.8. The van der Waals surface area contributed by atoms with Gasteiger partial charge < -0.3 is 14.6 Å². The molecule has 0 aliphatic carbocycles. The number of hydrogen-bond donors (Lipinski definition) is 1. The van der Waals surface area contributed by atoms with Gasteiger partial charge in [-0.05, 0) is 31.4 Å². The SMILES string of the molecule is CCCCCCCCCCCCCCc1ccccc1OC(C)OCC(=O)O. The molecule has 1 aromatic rings. The molecule has 1 rings (SSSR count). The van der Waals surface area contributed by atoms with Crippen molar-refractivity contribution in [2.75, 3.05) is 6.61 Å². The van der Waals surface area contributed by atoms with E-state index in [9.17, 15) is 4.79 Å². The second-order valence-corrected chi connectivity index (χ2v) is 7.64. The molecule has 0 aliphatic rings. The van der Waals surface area contributed by atoms with Gasteiger partial charge in [-0.15, -0.1) is 0 Å². The van der Waals surface area contributed by atoms with Gasteiger partial charge in [0.2, 0.25) is 0 Å². The second-order valence-electron chi connectivity index (χ2n) is 7.64. The molecule has 0 spiro atoms. The molecular formula is C24H40O4. The molecule has 28 heavy (non-hydrogen) atoms. The van der Waals surface area contributed by atoms with Crippen molar-refractivity contribution in [1.29, 1.82) is 0 Å². The first kappa shape index (κ1) is 24.5. The number of carboxylic acids is 1. The van der Waals surface area contributed by atoms with Crippen LogP contribution in [0, 0.1) is 0 Å². The number of aryl methyl sites for hydroxylation is 1. The predicted octanol–water partition coefficient (Wildman–Crippen LogP) is 6.76. The molecule has 0 saturated carbocycles. The van der Waals surface area contributed by atoms with Gasteiger partial charge in [-0.1, -0.05) is 95.8 Å². The van der Waals surface area contributed by atoms with Gasteiger partial charge in [0.1, 0.15) is 12.4 Å². The number of aliphatic carboxylic acids is 1. The minimum absolute atomic E-state index is 0.345. The summed E-state index contributed by atoms with van der Waals surface area (Å²) in [6.07, 6.45) is 16.6. The minimum Gasteiger partial charge on any atom is -0.480 e. The topological polar surface area (TPSA) is 55.8 Å². The van der Waals surface area contributed by atoms with Crippen molar-refractivity contribution in [3.05, 3.63) is 29.8 Å². The van der Waals surface area contributed by atoms with Crippen LogP contribution in [0.2, 0.25) is 0 Å². The van der Waals surface area contributed by atoms with Crippen molar-refractivity contribution >= 4 is 5.97 Å². The van der Waals surface area contributed by atoms with E-state index < -0.39 is 12.3 Å². The first-order valence-corrected chi connectivity index (χ1v) is 11.2. The lowest BCUT2D eigenvalue weighted by Crippen LogP contribution is -2.21. The lowest BCUT2D eigenvalue weighted by atomic mass is 10.0. The number of rotatable bonds is 18. The Labute approximate surface area is 171 Å². The fourth-order valence-electron chi connectivity index (χ4n) is 3.38. The zero-order chi connectivity index (χ0) is 20.5. The van der Waals surface area contributed by atoms with Crippen molar-refractivity contribution in [3.63, 3.8) is 0 Å². The molecule has 0 heterocycles. The Morgan fingerprint density at radius 2 is 1.43 bits per heavy atom. The fourth-order valence-corrected chi connectivity index (χ4v) is 3.38. The number of para-hydroxylation sites is 1. The zero-order valence-corrected chi connectivity index (χ0v) is 18.0. The molecule has 0 bridgehead atoms. The van der Waals surface area contributed by atoms with Crippen molar-refractivity contribution in [2.45, 2.75) is 104 Å². The highest BCUT2D eigenvalue weighted by Gasteiger charge is 2.10. The van der Waals surface area contributed by atoms with Crippen LogP contribution in [0.15, 0.2) is 24.3 Å². The van der Waals surface area contributed by atoms with Crippen LogP contribution in [0.4, 0.5) is 0 Å². The summed E-state index contributed by atoms with van der Waals surface area (Å²) < 4.78 is 10.9. The first-order chi connectivity index (χ1) is 13.6. The zero-order valence-electron chi connectivity index (χ0n) is 18.0. The van der Waals surface area contributed by atoms with Crippen LogP contribution < -0.4 is 4.74 Å². The summed E-state index contributed by atoms with van der Waals surface area (Å²) in [7, 11) is 0. The molecule has 4 nitrogen and oxygen atoms in total. The molecular weight excluding hydrogens is 352 g/mol. The summed E-state index contributed by atoms with van der Waals surface area (Å²) >= 11 is 0. The molecule has 0 fully saturated rings. The van der Waals surface area contributed by atoms with E-state index in [2.05, 4.69) is 13.0 Å². The largest absolute Gasteiger partial charge is 0.480 e. The minimum atomic E-state index is -0.986. The van der Waals surface area contributed by atoms with Crippen molar-refractivity contribution in [1.82, 2.24) is 0 Å². The predicted molar refractivity (Wildman–Crippen MR) is 115 cm³/mol. The summed E-state index contributed by atoms with van der Waals surface area (Å²) in [5.74, 6) is -0.191. The highest BCUT2D eigenvalue weighted by Crippen LogP contribution is 2.22. The molecule has 4 heteroatoms. The maximum Gasteiger partial charge on any atom is 0.329 e. The van der Waals surface area contributed by atoms with E-state index in [1.54, 1.807) is 6.92 Å². The highest BCUT2D eigenvalue weighted by atomic mass is 16.7. The van der Waals surface area contributed by atoms with Gasteiger partial charge in [0, 0.05) is 0 Å². The first-order valence-electron chi connectivity index (χ1n) is 11.2. The third-order valence-electron chi connectivity index (χ3n) is 5.01. The molecule has 0 saturated heterocycles. The van der Waals surface area contributed by atoms with Gasteiger partial charge in [-0.3, -0.25) is 0 Å². The van der Waals surface area contributed by atoms with Gasteiger partial charge >= 0.3 is 5.97 Å². The van der Waals surface area contributed by atoms with Gasteiger partial charge in [-0.25, -0.2) is 4.79 Å². The lowest BCUT2D eigenvalue weighted by molar-refractivity contribution is -0.151. The van der Waals surface area contributed by atoms with E-state index in [0.29, 0.717) is 0 Å². The maximum absolute atomic E-state index is 10.6. The summed E-state index contributed by atoms with van der Waals surface area (Å²) in [6, 6.07) is 7.96. The Kier molecular flexibility index (Phi) is 14.4. The average Bonchev–Trinajstić information content (AvgIpc) is 2.68.